The van der Waals surface area contributed by atoms with E-state index in [1.54, 1.807) is 0 Å². The van der Waals surface area contributed by atoms with Crippen molar-refractivity contribution in [2.24, 2.45) is 11.7 Å². The Morgan fingerprint density at radius 2 is 2.40 bits per heavy atom. The minimum atomic E-state index is 0.517. The van der Waals surface area contributed by atoms with Crippen LogP contribution in [0, 0.1) is 12.8 Å². The number of nitrogens with two attached hydrogens (primary N) is 1. The summed E-state index contributed by atoms with van der Waals surface area (Å²) in [6, 6.07) is 4.57. The molecule has 1 saturated carbocycles. The maximum Gasteiger partial charge on any atom is 0.129 e. The molecule has 0 aromatic carbocycles. The van der Waals surface area contributed by atoms with E-state index in [9.17, 15) is 0 Å². The van der Waals surface area contributed by atoms with Crippen molar-refractivity contribution in [3.8, 4) is 0 Å². The molecule has 0 spiro atoms. The Morgan fingerprint density at radius 3 is 3.13 bits per heavy atom. The van der Waals surface area contributed by atoms with Gasteiger partial charge in [-0.15, -0.1) is 0 Å². The van der Waals surface area contributed by atoms with Gasteiger partial charge in [-0.1, -0.05) is 12.5 Å². The molecule has 0 radical (unpaired) electrons. The highest BCUT2D eigenvalue weighted by molar-refractivity contribution is 5.43. The van der Waals surface area contributed by atoms with Gasteiger partial charge in [0.05, 0.1) is 0 Å². The summed E-state index contributed by atoms with van der Waals surface area (Å²) in [5.41, 5.74) is 6.96. The lowest BCUT2D eigenvalue weighted by atomic mass is 10.0. The van der Waals surface area contributed by atoms with E-state index in [0.29, 0.717) is 12.0 Å². The molecule has 3 nitrogen and oxygen atoms in total. The molecule has 0 amide bonds. The largest absolute Gasteiger partial charge is 0.367 e. The second-order valence-corrected chi connectivity index (χ2v) is 4.35. The van der Waals surface area contributed by atoms with Gasteiger partial charge >= 0.3 is 0 Å². The van der Waals surface area contributed by atoms with Crippen molar-refractivity contribution in [1.29, 1.82) is 0 Å². The number of anilines is 1. The lowest BCUT2D eigenvalue weighted by Gasteiger charge is -2.20. The molecule has 1 aromatic heterocycles. The average molecular weight is 205 g/mol. The molecule has 1 heterocycles. The van der Waals surface area contributed by atoms with Gasteiger partial charge in [0.25, 0.3) is 0 Å². The summed E-state index contributed by atoms with van der Waals surface area (Å²) < 4.78 is 0. The minimum Gasteiger partial charge on any atom is -0.367 e. The van der Waals surface area contributed by atoms with Crippen molar-refractivity contribution in [2.45, 2.75) is 32.2 Å². The highest BCUT2D eigenvalue weighted by Gasteiger charge is 2.26. The molecule has 0 saturated heterocycles. The van der Waals surface area contributed by atoms with Crippen molar-refractivity contribution in [3.63, 3.8) is 0 Å². The van der Waals surface area contributed by atoms with Gasteiger partial charge in [0.1, 0.15) is 5.82 Å². The van der Waals surface area contributed by atoms with Crippen LogP contribution in [0.25, 0.3) is 0 Å². The van der Waals surface area contributed by atoms with E-state index in [4.69, 9.17) is 5.73 Å². The summed E-state index contributed by atoms with van der Waals surface area (Å²) in [4.78, 5) is 4.36. The second kappa shape index (κ2) is 4.62. The number of rotatable bonds is 3. The van der Waals surface area contributed by atoms with Crippen LogP contribution in [0.1, 0.15) is 24.8 Å². The topological polar surface area (TPSA) is 50.9 Å². The minimum absolute atomic E-state index is 0.517. The maximum atomic E-state index is 5.76. The van der Waals surface area contributed by atoms with Crippen molar-refractivity contribution in [3.05, 3.63) is 23.9 Å². The first-order chi connectivity index (χ1) is 7.31. The molecule has 0 bridgehead atoms. The summed E-state index contributed by atoms with van der Waals surface area (Å²) in [6.07, 6.45) is 5.59. The van der Waals surface area contributed by atoms with Gasteiger partial charge in [-0.2, -0.15) is 0 Å². The summed E-state index contributed by atoms with van der Waals surface area (Å²) in [5.74, 6) is 1.63. The molecule has 2 rings (SSSR count). The molecule has 15 heavy (non-hydrogen) atoms. The second-order valence-electron chi connectivity index (χ2n) is 4.35. The normalized spacial score (nSPS) is 25.5. The molecule has 3 heteroatoms. The van der Waals surface area contributed by atoms with Crippen molar-refractivity contribution in [2.75, 3.05) is 11.9 Å². The third kappa shape index (κ3) is 2.29. The molecule has 1 fully saturated rings. The van der Waals surface area contributed by atoms with Crippen LogP contribution in [-0.4, -0.2) is 17.6 Å². The Kier molecular flexibility index (Phi) is 3.21. The van der Waals surface area contributed by atoms with Crippen molar-refractivity contribution >= 4 is 5.82 Å². The third-order valence-corrected chi connectivity index (χ3v) is 3.29. The number of hydrogen-bond acceptors (Lipinski definition) is 3. The van der Waals surface area contributed by atoms with E-state index < -0.39 is 0 Å². The summed E-state index contributed by atoms with van der Waals surface area (Å²) in [5, 5.41) is 3.52. The van der Waals surface area contributed by atoms with E-state index in [1.165, 1.54) is 24.8 Å². The van der Waals surface area contributed by atoms with Crippen LogP contribution in [0.4, 0.5) is 5.82 Å². The average Bonchev–Trinajstić information content (AvgIpc) is 2.69. The monoisotopic (exact) mass is 205 g/mol. The summed E-state index contributed by atoms with van der Waals surface area (Å²) >= 11 is 0. The van der Waals surface area contributed by atoms with Gasteiger partial charge in [-0.25, -0.2) is 4.98 Å². The van der Waals surface area contributed by atoms with Crippen LogP contribution in [0.5, 0.6) is 0 Å². The first kappa shape index (κ1) is 10.4. The Hall–Kier alpha value is -1.09. The Labute approximate surface area is 91.1 Å². The Morgan fingerprint density at radius 1 is 1.53 bits per heavy atom. The molecule has 1 aliphatic carbocycles. The van der Waals surface area contributed by atoms with Crippen molar-refractivity contribution in [1.82, 2.24) is 4.98 Å². The number of nitrogens with zero attached hydrogens (tertiary/aromatic N) is 1. The quantitative estimate of drug-likeness (QED) is 0.792. The highest BCUT2D eigenvalue weighted by atomic mass is 15.0. The number of aromatic nitrogens is 1. The van der Waals surface area contributed by atoms with Gasteiger partial charge < -0.3 is 11.1 Å². The molecule has 3 N–H and O–H groups in total. The standard InChI is InChI=1S/C12H19N3/c1-9-4-3-7-14-12(9)15-11-6-2-5-10(11)8-13/h3-4,7,10-11H,2,5-6,8,13H2,1H3,(H,14,15). The zero-order valence-electron chi connectivity index (χ0n) is 9.24. The summed E-state index contributed by atoms with van der Waals surface area (Å²) in [6.45, 7) is 2.87. The molecule has 2 unspecified atom stereocenters. The fourth-order valence-electron chi connectivity index (χ4n) is 2.32. The number of nitrogens with one attached hydrogen (secondary N) is 1. The van der Waals surface area contributed by atoms with Gasteiger partial charge in [-0.05, 0) is 43.9 Å². The van der Waals surface area contributed by atoms with E-state index in [0.717, 1.165) is 12.4 Å². The molecule has 0 aliphatic heterocycles. The van der Waals surface area contributed by atoms with Crippen LogP contribution in [0.3, 0.4) is 0 Å². The van der Waals surface area contributed by atoms with E-state index >= 15 is 0 Å². The fourth-order valence-corrected chi connectivity index (χ4v) is 2.32. The first-order valence-electron chi connectivity index (χ1n) is 5.69. The van der Waals surface area contributed by atoms with Crippen molar-refractivity contribution < 1.29 is 0 Å². The van der Waals surface area contributed by atoms with E-state index in [2.05, 4.69) is 23.3 Å². The predicted octanol–water partition coefficient (Wildman–Crippen LogP) is 1.93. The zero-order valence-corrected chi connectivity index (χ0v) is 9.24. The molecule has 82 valence electrons. The van der Waals surface area contributed by atoms with Crippen LogP contribution < -0.4 is 11.1 Å². The molecule has 2 atom stereocenters. The van der Waals surface area contributed by atoms with E-state index in [-0.39, 0.29) is 0 Å². The van der Waals surface area contributed by atoms with Crippen LogP contribution in [0.2, 0.25) is 0 Å². The lowest BCUT2D eigenvalue weighted by Crippen LogP contribution is -2.30. The van der Waals surface area contributed by atoms with Crippen LogP contribution >= 0.6 is 0 Å². The Balaban J connectivity index is 2.05. The molecular formula is C12H19N3. The molecule has 1 aromatic rings. The predicted molar refractivity (Wildman–Crippen MR) is 62.8 cm³/mol. The van der Waals surface area contributed by atoms with Gasteiger partial charge in [-0.3, -0.25) is 0 Å². The van der Waals surface area contributed by atoms with Gasteiger partial charge in [0.2, 0.25) is 0 Å². The highest BCUT2D eigenvalue weighted by Crippen LogP contribution is 2.27. The molecule has 1 aliphatic rings. The Bertz CT molecular complexity index is 324. The fraction of sp³-hybridized carbons (Fsp3) is 0.583. The number of aryl methyl sites for hydroxylation is 1. The lowest BCUT2D eigenvalue weighted by molar-refractivity contribution is 0.515. The van der Waals surface area contributed by atoms with Crippen LogP contribution in [0.15, 0.2) is 18.3 Å². The van der Waals surface area contributed by atoms with E-state index in [1.807, 2.05) is 12.3 Å². The third-order valence-electron chi connectivity index (χ3n) is 3.29. The van der Waals surface area contributed by atoms with Gasteiger partial charge in [0.15, 0.2) is 0 Å². The van der Waals surface area contributed by atoms with Crippen LogP contribution in [-0.2, 0) is 0 Å². The number of pyridine rings is 1. The molecular weight excluding hydrogens is 186 g/mol. The first-order valence-corrected chi connectivity index (χ1v) is 5.69. The van der Waals surface area contributed by atoms with Gasteiger partial charge in [0, 0.05) is 12.2 Å². The maximum absolute atomic E-state index is 5.76. The smallest absolute Gasteiger partial charge is 0.129 e. The summed E-state index contributed by atoms with van der Waals surface area (Å²) in [7, 11) is 0. The zero-order chi connectivity index (χ0) is 10.7. The number of hydrogen-bond donors (Lipinski definition) is 2. The SMILES string of the molecule is Cc1cccnc1NC1CCCC1CN.